The Labute approximate surface area is 144 Å². The van der Waals surface area contributed by atoms with Gasteiger partial charge in [-0.3, -0.25) is 0 Å². The van der Waals surface area contributed by atoms with Gasteiger partial charge in [0.25, 0.3) is 0 Å². The molecule has 0 aliphatic heterocycles. The molecule has 0 aliphatic rings. The van der Waals surface area contributed by atoms with E-state index in [0.717, 1.165) is 23.4 Å². The van der Waals surface area contributed by atoms with E-state index in [1.807, 2.05) is 43.0 Å². The van der Waals surface area contributed by atoms with Crippen LogP contribution in [0.15, 0.2) is 48.7 Å². The van der Waals surface area contributed by atoms with Crippen LogP contribution in [0.1, 0.15) is 12.5 Å². The summed E-state index contributed by atoms with van der Waals surface area (Å²) in [5, 5.41) is 10.7. The number of benzene rings is 2. The molecule has 3 aromatic rings. The lowest BCUT2D eigenvalue weighted by Gasteiger charge is -2.22. The van der Waals surface area contributed by atoms with Crippen molar-refractivity contribution in [2.75, 3.05) is 16.8 Å². The standard InChI is InChI=1S/C18H17F2N5/c1-3-25(14-6-4-5-12(2)9-14)17-11-21-24-18(23-17)22-13-7-8-15(19)16(20)10-13/h4-11H,3H2,1-2H3,(H,22,23,24). The van der Waals surface area contributed by atoms with E-state index in [2.05, 4.69) is 20.5 Å². The molecular formula is C18H17F2N5. The molecular weight excluding hydrogens is 324 g/mol. The van der Waals surface area contributed by atoms with Gasteiger partial charge in [0, 0.05) is 24.0 Å². The van der Waals surface area contributed by atoms with E-state index >= 15 is 0 Å². The maximum absolute atomic E-state index is 13.3. The summed E-state index contributed by atoms with van der Waals surface area (Å²) in [6, 6.07) is 11.5. The highest BCUT2D eigenvalue weighted by molar-refractivity contribution is 5.62. The lowest BCUT2D eigenvalue weighted by atomic mass is 10.2. The molecule has 0 radical (unpaired) electrons. The Morgan fingerprint density at radius 3 is 2.64 bits per heavy atom. The van der Waals surface area contributed by atoms with Crippen LogP contribution in [0.5, 0.6) is 0 Å². The minimum Gasteiger partial charge on any atom is -0.325 e. The van der Waals surface area contributed by atoms with E-state index in [1.54, 1.807) is 6.20 Å². The summed E-state index contributed by atoms with van der Waals surface area (Å²) >= 11 is 0. The molecule has 0 aliphatic carbocycles. The van der Waals surface area contributed by atoms with Gasteiger partial charge in [-0.05, 0) is 43.7 Å². The minimum atomic E-state index is -0.941. The fraction of sp³-hybridized carbons (Fsp3) is 0.167. The molecule has 1 heterocycles. The van der Waals surface area contributed by atoms with E-state index in [0.29, 0.717) is 18.1 Å². The number of anilines is 4. The second kappa shape index (κ2) is 7.21. The molecule has 5 nitrogen and oxygen atoms in total. The molecule has 1 N–H and O–H groups in total. The Morgan fingerprint density at radius 2 is 1.92 bits per heavy atom. The van der Waals surface area contributed by atoms with Gasteiger partial charge >= 0.3 is 0 Å². The van der Waals surface area contributed by atoms with Gasteiger partial charge in [0.1, 0.15) is 0 Å². The smallest absolute Gasteiger partial charge is 0.249 e. The summed E-state index contributed by atoms with van der Waals surface area (Å²) in [5.41, 5.74) is 2.47. The van der Waals surface area contributed by atoms with Gasteiger partial charge in [-0.1, -0.05) is 12.1 Å². The van der Waals surface area contributed by atoms with Crippen molar-refractivity contribution in [3.8, 4) is 0 Å². The van der Waals surface area contributed by atoms with E-state index < -0.39 is 11.6 Å². The molecule has 3 rings (SSSR count). The highest BCUT2D eigenvalue weighted by atomic mass is 19.2. The van der Waals surface area contributed by atoms with Gasteiger partial charge in [-0.15, -0.1) is 5.10 Å². The summed E-state index contributed by atoms with van der Waals surface area (Å²) in [6.07, 6.45) is 1.56. The van der Waals surface area contributed by atoms with Crippen LogP contribution in [0.3, 0.4) is 0 Å². The van der Waals surface area contributed by atoms with Gasteiger partial charge in [0.05, 0.1) is 6.20 Å². The number of hydrogen-bond acceptors (Lipinski definition) is 5. The Bertz CT molecular complexity index is 885. The lowest BCUT2D eigenvalue weighted by molar-refractivity contribution is 0.509. The number of aryl methyl sites for hydroxylation is 1. The number of nitrogens with zero attached hydrogens (tertiary/aromatic N) is 4. The highest BCUT2D eigenvalue weighted by Gasteiger charge is 2.11. The maximum atomic E-state index is 13.3. The zero-order valence-electron chi connectivity index (χ0n) is 13.9. The highest BCUT2D eigenvalue weighted by Crippen LogP contribution is 2.24. The van der Waals surface area contributed by atoms with Crippen molar-refractivity contribution in [1.29, 1.82) is 0 Å². The summed E-state index contributed by atoms with van der Waals surface area (Å²) in [5.74, 6) is -1.04. The van der Waals surface area contributed by atoms with Crippen molar-refractivity contribution < 1.29 is 8.78 Å². The second-order valence-electron chi connectivity index (χ2n) is 5.48. The van der Waals surface area contributed by atoms with E-state index in [-0.39, 0.29) is 5.95 Å². The van der Waals surface area contributed by atoms with E-state index in [9.17, 15) is 8.78 Å². The molecule has 0 spiro atoms. The molecule has 0 amide bonds. The van der Waals surface area contributed by atoms with Crippen LogP contribution >= 0.6 is 0 Å². The fourth-order valence-electron chi connectivity index (χ4n) is 2.45. The largest absolute Gasteiger partial charge is 0.325 e. The SMILES string of the molecule is CCN(c1cccc(C)c1)c1cnnc(Nc2ccc(F)c(F)c2)n1. The van der Waals surface area contributed by atoms with Crippen LogP contribution in [0.4, 0.5) is 31.9 Å². The monoisotopic (exact) mass is 341 g/mol. The fourth-order valence-corrected chi connectivity index (χ4v) is 2.45. The average Bonchev–Trinajstić information content (AvgIpc) is 2.59. The molecule has 0 saturated carbocycles. The molecule has 0 bridgehead atoms. The topological polar surface area (TPSA) is 53.9 Å². The Morgan fingerprint density at radius 1 is 1.08 bits per heavy atom. The van der Waals surface area contributed by atoms with E-state index in [1.165, 1.54) is 6.07 Å². The molecule has 7 heteroatoms. The van der Waals surface area contributed by atoms with Gasteiger partial charge in [-0.2, -0.15) is 10.1 Å². The van der Waals surface area contributed by atoms with Gasteiger partial charge in [-0.25, -0.2) is 8.78 Å². The lowest BCUT2D eigenvalue weighted by Crippen LogP contribution is -2.18. The third-order valence-corrected chi connectivity index (χ3v) is 3.63. The first-order valence-electron chi connectivity index (χ1n) is 7.83. The normalized spacial score (nSPS) is 10.6. The maximum Gasteiger partial charge on any atom is 0.249 e. The third kappa shape index (κ3) is 3.88. The predicted molar refractivity (Wildman–Crippen MR) is 93.3 cm³/mol. The average molecular weight is 341 g/mol. The number of aromatic nitrogens is 3. The van der Waals surface area contributed by atoms with Gasteiger partial charge in [0.2, 0.25) is 5.95 Å². The van der Waals surface area contributed by atoms with Crippen molar-refractivity contribution >= 4 is 23.1 Å². The van der Waals surface area contributed by atoms with Crippen LogP contribution in [0, 0.1) is 18.6 Å². The van der Waals surface area contributed by atoms with Crippen molar-refractivity contribution in [2.24, 2.45) is 0 Å². The van der Waals surface area contributed by atoms with Gasteiger partial charge < -0.3 is 10.2 Å². The summed E-state index contributed by atoms with van der Waals surface area (Å²) < 4.78 is 26.3. The molecule has 0 fully saturated rings. The number of halogens is 2. The van der Waals surface area contributed by atoms with Crippen LogP contribution < -0.4 is 10.2 Å². The molecule has 0 atom stereocenters. The first-order chi connectivity index (χ1) is 12.1. The van der Waals surface area contributed by atoms with Crippen molar-refractivity contribution in [3.05, 3.63) is 65.9 Å². The number of hydrogen-bond donors (Lipinski definition) is 1. The minimum absolute atomic E-state index is 0.203. The quantitative estimate of drug-likeness (QED) is 0.747. The Balaban J connectivity index is 1.88. The van der Waals surface area contributed by atoms with Crippen LogP contribution in [0.2, 0.25) is 0 Å². The first kappa shape index (κ1) is 16.8. The van der Waals surface area contributed by atoms with Crippen molar-refractivity contribution in [1.82, 2.24) is 15.2 Å². The van der Waals surface area contributed by atoms with Crippen LogP contribution in [0.25, 0.3) is 0 Å². The zero-order chi connectivity index (χ0) is 17.8. The van der Waals surface area contributed by atoms with Crippen LogP contribution in [-0.2, 0) is 0 Å². The van der Waals surface area contributed by atoms with Crippen LogP contribution in [-0.4, -0.2) is 21.7 Å². The number of rotatable bonds is 5. The zero-order valence-corrected chi connectivity index (χ0v) is 13.9. The van der Waals surface area contributed by atoms with Crippen molar-refractivity contribution in [2.45, 2.75) is 13.8 Å². The Hall–Kier alpha value is -3.09. The molecule has 1 aromatic heterocycles. The first-order valence-corrected chi connectivity index (χ1v) is 7.83. The molecule has 0 saturated heterocycles. The molecule has 128 valence electrons. The van der Waals surface area contributed by atoms with E-state index in [4.69, 9.17) is 0 Å². The van der Waals surface area contributed by atoms with Crippen molar-refractivity contribution in [3.63, 3.8) is 0 Å². The summed E-state index contributed by atoms with van der Waals surface area (Å²) in [7, 11) is 0. The molecule has 0 unspecified atom stereocenters. The Kier molecular flexibility index (Phi) is 4.83. The predicted octanol–water partition coefficient (Wildman–Crippen LogP) is 4.36. The number of nitrogens with one attached hydrogen (secondary N) is 1. The summed E-state index contributed by atoms with van der Waals surface area (Å²) in [4.78, 5) is 6.41. The second-order valence-corrected chi connectivity index (χ2v) is 5.48. The molecule has 2 aromatic carbocycles. The third-order valence-electron chi connectivity index (χ3n) is 3.63. The van der Waals surface area contributed by atoms with Gasteiger partial charge in [0.15, 0.2) is 17.5 Å². The molecule has 25 heavy (non-hydrogen) atoms. The summed E-state index contributed by atoms with van der Waals surface area (Å²) in [6.45, 7) is 4.71.